The molecule has 2 unspecified atom stereocenters. The Bertz CT molecular complexity index is 308. The Kier molecular flexibility index (Phi) is 6.61. The van der Waals surface area contributed by atoms with Crippen molar-refractivity contribution in [2.75, 3.05) is 25.2 Å². The molecular formula is C11H25NO4S. The second-order valence-corrected chi connectivity index (χ2v) is 7.66. The molecular weight excluding hydrogens is 242 g/mol. The van der Waals surface area contributed by atoms with Crippen LogP contribution in [0.1, 0.15) is 27.7 Å². The molecule has 0 saturated carbocycles. The Balaban J connectivity index is 3.81. The molecule has 0 amide bonds. The number of rotatable bonds is 7. The van der Waals surface area contributed by atoms with E-state index in [4.69, 9.17) is 4.74 Å². The van der Waals surface area contributed by atoms with Gasteiger partial charge in [0.15, 0.2) is 0 Å². The molecule has 5 nitrogen and oxygen atoms in total. The van der Waals surface area contributed by atoms with Crippen molar-refractivity contribution in [3.8, 4) is 0 Å². The summed E-state index contributed by atoms with van der Waals surface area (Å²) in [7, 11) is -2.98. The summed E-state index contributed by atoms with van der Waals surface area (Å²) < 4.78 is 27.4. The third kappa shape index (κ3) is 12.1. The van der Waals surface area contributed by atoms with E-state index in [1.807, 2.05) is 20.8 Å². The molecule has 0 spiro atoms. The van der Waals surface area contributed by atoms with E-state index in [1.54, 1.807) is 6.92 Å². The molecule has 0 aromatic heterocycles. The summed E-state index contributed by atoms with van der Waals surface area (Å²) in [6, 6.07) is -0.172. The predicted octanol–water partition coefficient (Wildman–Crippen LogP) is 0.185. The fourth-order valence-electron chi connectivity index (χ4n) is 1.26. The van der Waals surface area contributed by atoms with E-state index < -0.39 is 15.9 Å². The van der Waals surface area contributed by atoms with Gasteiger partial charge in [-0.3, -0.25) is 0 Å². The van der Waals surface area contributed by atoms with Crippen molar-refractivity contribution in [1.29, 1.82) is 0 Å². The van der Waals surface area contributed by atoms with Gasteiger partial charge in [-0.25, -0.2) is 8.42 Å². The standard InChI is InChI=1S/C11H25NO4S/c1-9(8-17(5,14)15)12-6-10(13)7-16-11(2,3)4/h9-10,12-13H,6-8H2,1-5H3. The van der Waals surface area contributed by atoms with Gasteiger partial charge in [-0.2, -0.15) is 0 Å². The maximum absolute atomic E-state index is 11.0. The molecule has 0 aromatic carbocycles. The van der Waals surface area contributed by atoms with E-state index in [1.165, 1.54) is 6.26 Å². The van der Waals surface area contributed by atoms with E-state index in [2.05, 4.69) is 5.32 Å². The van der Waals surface area contributed by atoms with Crippen molar-refractivity contribution in [2.24, 2.45) is 0 Å². The maximum Gasteiger partial charge on any atom is 0.148 e. The lowest BCUT2D eigenvalue weighted by Gasteiger charge is -2.23. The Hall–Kier alpha value is -0.170. The summed E-state index contributed by atoms with van der Waals surface area (Å²) >= 11 is 0. The van der Waals surface area contributed by atoms with Gasteiger partial charge in [0.2, 0.25) is 0 Å². The summed E-state index contributed by atoms with van der Waals surface area (Å²) in [6.07, 6.45) is 0.570. The van der Waals surface area contributed by atoms with Crippen LogP contribution in [0.2, 0.25) is 0 Å². The minimum atomic E-state index is -2.98. The molecule has 0 radical (unpaired) electrons. The molecule has 0 rings (SSSR count). The highest BCUT2D eigenvalue weighted by Crippen LogP contribution is 2.06. The molecule has 0 heterocycles. The quantitative estimate of drug-likeness (QED) is 0.688. The molecule has 0 aliphatic carbocycles. The van der Waals surface area contributed by atoms with Crippen LogP contribution in [0.4, 0.5) is 0 Å². The van der Waals surface area contributed by atoms with Crippen LogP contribution in [0.5, 0.6) is 0 Å². The summed E-state index contributed by atoms with van der Waals surface area (Å²) in [6.45, 7) is 8.09. The lowest BCUT2D eigenvalue weighted by atomic mass is 10.2. The minimum absolute atomic E-state index is 0.0693. The Morgan fingerprint density at radius 2 is 1.88 bits per heavy atom. The highest BCUT2D eigenvalue weighted by atomic mass is 32.2. The van der Waals surface area contributed by atoms with Gasteiger partial charge in [0.1, 0.15) is 9.84 Å². The van der Waals surface area contributed by atoms with Crippen molar-refractivity contribution < 1.29 is 18.3 Å². The highest BCUT2D eigenvalue weighted by Gasteiger charge is 2.15. The third-order valence-corrected chi connectivity index (χ3v) is 3.07. The van der Waals surface area contributed by atoms with E-state index >= 15 is 0 Å². The van der Waals surface area contributed by atoms with Gasteiger partial charge in [0, 0.05) is 18.8 Å². The second-order valence-electron chi connectivity index (χ2n) is 5.48. The molecule has 2 atom stereocenters. The molecule has 0 aliphatic rings. The molecule has 6 heteroatoms. The van der Waals surface area contributed by atoms with E-state index in [0.29, 0.717) is 6.54 Å². The van der Waals surface area contributed by atoms with Crippen LogP contribution >= 0.6 is 0 Å². The normalized spacial score (nSPS) is 16.8. The molecule has 0 aromatic rings. The van der Waals surface area contributed by atoms with Gasteiger partial charge in [0.05, 0.1) is 24.1 Å². The van der Waals surface area contributed by atoms with Gasteiger partial charge in [0.25, 0.3) is 0 Å². The van der Waals surface area contributed by atoms with E-state index in [9.17, 15) is 13.5 Å². The zero-order valence-corrected chi connectivity index (χ0v) is 12.2. The van der Waals surface area contributed by atoms with Gasteiger partial charge in [-0.1, -0.05) is 0 Å². The number of hydrogen-bond acceptors (Lipinski definition) is 5. The fraction of sp³-hybridized carbons (Fsp3) is 1.00. The first kappa shape index (κ1) is 16.8. The van der Waals surface area contributed by atoms with Crippen molar-refractivity contribution in [1.82, 2.24) is 5.32 Å². The summed E-state index contributed by atoms with van der Waals surface area (Å²) in [4.78, 5) is 0. The molecule has 2 N–H and O–H groups in total. The maximum atomic E-state index is 11.0. The molecule has 0 aliphatic heterocycles. The zero-order chi connectivity index (χ0) is 13.7. The van der Waals surface area contributed by atoms with Crippen molar-refractivity contribution >= 4 is 9.84 Å². The number of aliphatic hydroxyl groups is 1. The van der Waals surface area contributed by atoms with Crippen LogP contribution < -0.4 is 5.32 Å². The summed E-state index contributed by atoms with van der Waals surface area (Å²) in [5, 5.41) is 12.6. The first-order valence-electron chi connectivity index (χ1n) is 5.73. The molecule has 104 valence electrons. The summed E-state index contributed by atoms with van der Waals surface area (Å²) in [5.74, 6) is 0.0693. The zero-order valence-electron chi connectivity index (χ0n) is 11.4. The molecule has 0 bridgehead atoms. The van der Waals surface area contributed by atoms with E-state index in [0.717, 1.165) is 0 Å². The van der Waals surface area contributed by atoms with Crippen molar-refractivity contribution in [2.45, 2.75) is 45.4 Å². The Labute approximate surface area is 104 Å². The topological polar surface area (TPSA) is 75.6 Å². The average Bonchev–Trinajstić information content (AvgIpc) is 2.07. The number of nitrogens with one attached hydrogen (secondary N) is 1. The second kappa shape index (κ2) is 6.68. The highest BCUT2D eigenvalue weighted by molar-refractivity contribution is 7.90. The molecule has 0 saturated heterocycles. The molecule has 0 fully saturated rings. The minimum Gasteiger partial charge on any atom is -0.389 e. The Morgan fingerprint density at radius 3 is 2.29 bits per heavy atom. The van der Waals surface area contributed by atoms with Gasteiger partial charge >= 0.3 is 0 Å². The van der Waals surface area contributed by atoms with Crippen molar-refractivity contribution in [3.05, 3.63) is 0 Å². The predicted molar refractivity (Wildman–Crippen MR) is 68.9 cm³/mol. The Morgan fingerprint density at radius 1 is 1.35 bits per heavy atom. The molecule has 17 heavy (non-hydrogen) atoms. The fourth-order valence-corrected chi connectivity index (χ4v) is 2.28. The van der Waals surface area contributed by atoms with Crippen LogP contribution in [0.15, 0.2) is 0 Å². The van der Waals surface area contributed by atoms with Gasteiger partial charge < -0.3 is 15.2 Å². The van der Waals surface area contributed by atoms with Gasteiger partial charge in [-0.05, 0) is 27.7 Å². The largest absolute Gasteiger partial charge is 0.389 e. The van der Waals surface area contributed by atoms with Crippen LogP contribution in [-0.2, 0) is 14.6 Å². The van der Waals surface area contributed by atoms with E-state index in [-0.39, 0.29) is 24.0 Å². The first-order chi connectivity index (χ1) is 7.49. The SMILES string of the molecule is CC(CS(C)(=O)=O)NCC(O)COC(C)(C)C. The first-order valence-corrected chi connectivity index (χ1v) is 7.79. The average molecular weight is 267 g/mol. The van der Waals surface area contributed by atoms with Gasteiger partial charge in [-0.15, -0.1) is 0 Å². The summed E-state index contributed by atoms with van der Waals surface area (Å²) in [5.41, 5.74) is -0.278. The lowest BCUT2D eigenvalue weighted by Crippen LogP contribution is -2.40. The number of aliphatic hydroxyl groups excluding tert-OH is 1. The number of sulfone groups is 1. The van der Waals surface area contributed by atoms with Crippen molar-refractivity contribution in [3.63, 3.8) is 0 Å². The van der Waals surface area contributed by atoms with Crippen LogP contribution in [0.3, 0.4) is 0 Å². The number of ether oxygens (including phenoxy) is 1. The monoisotopic (exact) mass is 267 g/mol. The van der Waals surface area contributed by atoms with Crippen LogP contribution in [0.25, 0.3) is 0 Å². The van der Waals surface area contributed by atoms with Crippen LogP contribution in [-0.4, -0.2) is 56.4 Å². The number of hydrogen-bond donors (Lipinski definition) is 2. The third-order valence-electron chi connectivity index (χ3n) is 1.96. The van der Waals surface area contributed by atoms with Crippen LogP contribution in [0, 0.1) is 0 Å². The lowest BCUT2D eigenvalue weighted by molar-refractivity contribution is -0.0481. The smallest absolute Gasteiger partial charge is 0.148 e.